The Bertz CT molecular complexity index is 1080. The average Bonchev–Trinajstić information content (AvgIpc) is 2.72. The van der Waals surface area contributed by atoms with Gasteiger partial charge in [-0.2, -0.15) is 5.26 Å². The summed E-state index contributed by atoms with van der Waals surface area (Å²) in [7, 11) is 0. The van der Waals surface area contributed by atoms with Crippen LogP contribution in [0.4, 0.5) is 5.69 Å². The summed E-state index contributed by atoms with van der Waals surface area (Å²) in [5.41, 5.74) is 2.49. The zero-order valence-corrected chi connectivity index (χ0v) is 16.5. The fraction of sp³-hybridized carbons (Fsp3) is 0.0455. The molecule has 0 amide bonds. The van der Waals surface area contributed by atoms with Crippen LogP contribution < -0.4 is 4.74 Å². The van der Waals surface area contributed by atoms with Gasteiger partial charge in [0.2, 0.25) is 0 Å². The van der Waals surface area contributed by atoms with Gasteiger partial charge in [-0.3, -0.25) is 10.1 Å². The van der Waals surface area contributed by atoms with Crippen molar-refractivity contribution in [1.29, 1.82) is 5.26 Å². The van der Waals surface area contributed by atoms with Crippen LogP contribution in [0.3, 0.4) is 0 Å². The van der Waals surface area contributed by atoms with Gasteiger partial charge in [-0.25, -0.2) is 0 Å². The highest BCUT2D eigenvalue weighted by Crippen LogP contribution is 2.26. The van der Waals surface area contributed by atoms with Crippen LogP contribution in [0, 0.1) is 21.4 Å². The fourth-order valence-corrected chi connectivity index (χ4v) is 3.10. The molecule has 0 saturated carbocycles. The van der Waals surface area contributed by atoms with Crippen LogP contribution in [0.1, 0.15) is 16.7 Å². The van der Waals surface area contributed by atoms with Gasteiger partial charge < -0.3 is 4.74 Å². The van der Waals surface area contributed by atoms with E-state index < -0.39 is 4.92 Å². The van der Waals surface area contributed by atoms with Crippen molar-refractivity contribution < 1.29 is 9.66 Å². The van der Waals surface area contributed by atoms with E-state index in [0.717, 1.165) is 5.56 Å². The maximum absolute atomic E-state index is 10.8. The minimum absolute atomic E-state index is 0.0221. The van der Waals surface area contributed by atoms with Crippen molar-refractivity contribution in [1.82, 2.24) is 0 Å². The van der Waals surface area contributed by atoms with Crippen LogP contribution in [-0.2, 0) is 6.61 Å². The highest BCUT2D eigenvalue weighted by atomic mass is 35.5. The van der Waals surface area contributed by atoms with Crippen molar-refractivity contribution in [2.45, 2.75) is 6.61 Å². The molecular weight excluding hydrogens is 411 g/mol. The zero-order valence-electron chi connectivity index (χ0n) is 15.0. The third-order valence-corrected chi connectivity index (χ3v) is 4.85. The van der Waals surface area contributed by atoms with Gasteiger partial charge in [0.25, 0.3) is 5.69 Å². The van der Waals surface area contributed by atoms with Gasteiger partial charge in [0.1, 0.15) is 12.4 Å². The Kier molecular flexibility index (Phi) is 6.50. The lowest BCUT2D eigenvalue weighted by molar-refractivity contribution is -0.384. The van der Waals surface area contributed by atoms with Crippen LogP contribution in [-0.4, -0.2) is 4.92 Å². The zero-order chi connectivity index (χ0) is 20.8. The summed E-state index contributed by atoms with van der Waals surface area (Å²) in [6.07, 6.45) is 1.70. The van der Waals surface area contributed by atoms with Gasteiger partial charge in [0.15, 0.2) is 0 Å². The maximum atomic E-state index is 10.8. The minimum Gasteiger partial charge on any atom is -0.489 e. The normalized spacial score (nSPS) is 11.0. The summed E-state index contributed by atoms with van der Waals surface area (Å²) in [6.45, 7) is 0.236. The van der Waals surface area contributed by atoms with Gasteiger partial charge in [-0.1, -0.05) is 41.4 Å². The molecule has 29 heavy (non-hydrogen) atoms. The number of non-ortho nitro benzene ring substituents is 1. The maximum Gasteiger partial charge on any atom is 0.269 e. The number of rotatable bonds is 6. The highest BCUT2D eigenvalue weighted by molar-refractivity contribution is 6.35. The number of nitro benzene ring substituents is 1. The monoisotopic (exact) mass is 424 g/mol. The molecule has 144 valence electrons. The Hall–Kier alpha value is -3.33. The first-order valence-electron chi connectivity index (χ1n) is 8.50. The van der Waals surface area contributed by atoms with E-state index in [1.807, 2.05) is 12.1 Å². The van der Waals surface area contributed by atoms with Crippen molar-refractivity contribution >= 4 is 40.5 Å². The molecule has 0 saturated heterocycles. The molecule has 0 atom stereocenters. The predicted octanol–water partition coefficient (Wildman–Crippen LogP) is 6.54. The van der Waals surface area contributed by atoms with Gasteiger partial charge in [0.05, 0.1) is 16.6 Å². The Labute approximate surface area is 177 Å². The summed E-state index contributed by atoms with van der Waals surface area (Å²) >= 11 is 12.3. The number of nitriles is 1. The second-order valence-corrected chi connectivity index (χ2v) is 6.85. The molecule has 0 unspecified atom stereocenters. The number of benzene rings is 3. The number of ether oxygens (including phenoxy) is 1. The van der Waals surface area contributed by atoms with E-state index in [4.69, 9.17) is 27.9 Å². The molecule has 0 aliphatic carbocycles. The van der Waals surface area contributed by atoms with Crippen molar-refractivity contribution in [3.63, 3.8) is 0 Å². The van der Waals surface area contributed by atoms with Crippen molar-refractivity contribution in [2.75, 3.05) is 0 Å². The molecule has 0 aromatic heterocycles. The molecule has 0 radical (unpaired) electrons. The molecule has 3 aromatic carbocycles. The Balaban J connectivity index is 1.73. The predicted molar refractivity (Wildman–Crippen MR) is 114 cm³/mol. The topological polar surface area (TPSA) is 76.2 Å². The quantitative estimate of drug-likeness (QED) is 0.194. The molecule has 3 rings (SSSR count). The third kappa shape index (κ3) is 5.14. The van der Waals surface area contributed by atoms with Crippen molar-refractivity contribution in [3.8, 4) is 11.8 Å². The second kappa shape index (κ2) is 9.24. The molecule has 5 nitrogen and oxygen atoms in total. The standard InChI is InChI=1S/C22H14Cl2N2O3/c23-21-2-1-3-22(24)20(21)14-29-19-10-4-15(5-11-19)12-17(13-25)16-6-8-18(9-7-16)26(27)28/h1-12H,14H2. The number of halogens is 2. The molecule has 7 heteroatoms. The lowest BCUT2D eigenvalue weighted by atomic mass is 10.0. The first-order chi connectivity index (χ1) is 14.0. The van der Waals surface area contributed by atoms with Crippen molar-refractivity contribution in [2.24, 2.45) is 0 Å². The molecule has 0 N–H and O–H groups in total. The number of nitro groups is 1. The van der Waals surface area contributed by atoms with Gasteiger partial charge in [0, 0.05) is 27.7 Å². The Morgan fingerprint density at radius 3 is 2.21 bits per heavy atom. The van der Waals surface area contributed by atoms with Crippen LogP contribution >= 0.6 is 23.2 Å². The lowest BCUT2D eigenvalue weighted by Gasteiger charge is -2.09. The lowest BCUT2D eigenvalue weighted by Crippen LogP contribution is -1.97. The summed E-state index contributed by atoms with van der Waals surface area (Å²) in [5.74, 6) is 0.631. The molecule has 0 spiro atoms. The fourth-order valence-electron chi connectivity index (χ4n) is 2.60. The van der Waals surface area contributed by atoms with Crippen LogP contribution in [0.2, 0.25) is 10.0 Å². The van der Waals surface area contributed by atoms with E-state index in [1.54, 1.807) is 48.5 Å². The first-order valence-corrected chi connectivity index (χ1v) is 9.26. The molecule has 0 bridgehead atoms. The van der Waals surface area contributed by atoms with Gasteiger partial charge in [-0.15, -0.1) is 0 Å². The largest absolute Gasteiger partial charge is 0.489 e. The van der Waals surface area contributed by atoms with E-state index in [0.29, 0.717) is 32.5 Å². The van der Waals surface area contributed by atoms with Crippen molar-refractivity contribution in [3.05, 3.63) is 104 Å². The number of hydrogen-bond acceptors (Lipinski definition) is 4. The second-order valence-electron chi connectivity index (χ2n) is 6.03. The molecule has 0 heterocycles. The van der Waals surface area contributed by atoms with E-state index in [9.17, 15) is 15.4 Å². The summed E-state index contributed by atoms with van der Waals surface area (Å²) in [6, 6.07) is 20.4. The molecule has 0 aliphatic heterocycles. The Morgan fingerprint density at radius 2 is 1.66 bits per heavy atom. The van der Waals surface area contributed by atoms with Gasteiger partial charge >= 0.3 is 0 Å². The molecule has 0 aliphatic rings. The SMILES string of the molecule is N#CC(=Cc1ccc(OCc2c(Cl)cccc2Cl)cc1)c1ccc([N+](=O)[O-])cc1. The van der Waals surface area contributed by atoms with Gasteiger partial charge in [-0.05, 0) is 53.6 Å². The number of nitrogens with zero attached hydrogens (tertiary/aromatic N) is 2. The molecule has 0 fully saturated rings. The van der Waals surface area contributed by atoms with E-state index >= 15 is 0 Å². The average molecular weight is 425 g/mol. The number of allylic oxidation sites excluding steroid dienone is 1. The van der Waals surface area contributed by atoms with E-state index in [2.05, 4.69) is 6.07 Å². The molecule has 3 aromatic rings. The van der Waals surface area contributed by atoms with Crippen LogP contribution in [0.5, 0.6) is 5.75 Å². The summed E-state index contributed by atoms with van der Waals surface area (Å²) < 4.78 is 5.74. The van der Waals surface area contributed by atoms with Crippen LogP contribution in [0.25, 0.3) is 11.6 Å². The summed E-state index contributed by atoms with van der Waals surface area (Å²) in [4.78, 5) is 10.3. The molecular formula is C22H14Cl2N2O3. The summed E-state index contributed by atoms with van der Waals surface area (Å²) in [5, 5.41) is 21.3. The Morgan fingerprint density at radius 1 is 1.03 bits per heavy atom. The van der Waals surface area contributed by atoms with Crippen LogP contribution in [0.15, 0.2) is 66.7 Å². The smallest absolute Gasteiger partial charge is 0.269 e. The van der Waals surface area contributed by atoms with E-state index in [-0.39, 0.29) is 12.3 Å². The third-order valence-electron chi connectivity index (χ3n) is 4.15. The van der Waals surface area contributed by atoms with E-state index in [1.165, 1.54) is 12.1 Å². The number of hydrogen-bond donors (Lipinski definition) is 0. The first kappa shape index (κ1) is 20.4. The minimum atomic E-state index is -0.478. The highest BCUT2D eigenvalue weighted by Gasteiger charge is 2.08.